The average molecular weight is 304 g/mol. The predicted molar refractivity (Wildman–Crippen MR) is 71.6 cm³/mol. The molecule has 0 radical (unpaired) electrons. The van der Waals surface area contributed by atoms with Crippen molar-refractivity contribution in [2.24, 2.45) is 0 Å². The van der Waals surface area contributed by atoms with E-state index in [1.54, 1.807) is 19.1 Å². The van der Waals surface area contributed by atoms with Gasteiger partial charge < -0.3 is 5.11 Å². The minimum atomic E-state index is -3.84. The Hall–Kier alpha value is -0.920. The van der Waals surface area contributed by atoms with Gasteiger partial charge in [-0.1, -0.05) is 17.7 Å². The molecule has 1 saturated heterocycles. The van der Waals surface area contributed by atoms with Crippen LogP contribution in [0.4, 0.5) is 0 Å². The summed E-state index contributed by atoms with van der Waals surface area (Å²) in [7, 11) is -7.32. The third kappa shape index (κ3) is 2.68. The molecule has 1 heterocycles. The molecule has 1 fully saturated rings. The summed E-state index contributed by atoms with van der Waals surface area (Å²) in [4.78, 5) is 0.0965. The van der Waals surface area contributed by atoms with Gasteiger partial charge in [-0.2, -0.15) is 0 Å². The summed E-state index contributed by atoms with van der Waals surface area (Å²) < 4.78 is 47.8. The van der Waals surface area contributed by atoms with Gasteiger partial charge in [0.1, 0.15) is 5.25 Å². The molecule has 2 rings (SSSR count). The van der Waals surface area contributed by atoms with Crippen molar-refractivity contribution >= 4 is 19.7 Å². The van der Waals surface area contributed by atoms with E-state index in [1.165, 1.54) is 6.07 Å². The molecule has 0 aromatic heterocycles. The van der Waals surface area contributed by atoms with Crippen LogP contribution >= 0.6 is 0 Å². The first kappa shape index (κ1) is 14.5. The standard InChI is InChI=1S/C12H16O5S2/c1-8-3-4-11(9(2)5-8)19(16,17)12-7-18(14,15)6-10(12)13/h3-5,10,12-13H,6-7H2,1-2H3/t10-,12-/m1/s1. The van der Waals surface area contributed by atoms with Crippen LogP contribution in [0.3, 0.4) is 0 Å². The van der Waals surface area contributed by atoms with Crippen LogP contribution in [0.2, 0.25) is 0 Å². The Morgan fingerprint density at radius 3 is 2.32 bits per heavy atom. The molecule has 1 aliphatic rings. The smallest absolute Gasteiger partial charge is 0.185 e. The Morgan fingerprint density at radius 1 is 1.21 bits per heavy atom. The Labute approximate surface area is 113 Å². The van der Waals surface area contributed by atoms with Gasteiger partial charge in [-0.3, -0.25) is 0 Å². The van der Waals surface area contributed by atoms with Crippen molar-refractivity contribution in [1.82, 2.24) is 0 Å². The lowest BCUT2D eigenvalue weighted by atomic mass is 10.2. The van der Waals surface area contributed by atoms with Crippen molar-refractivity contribution in [2.75, 3.05) is 11.5 Å². The molecule has 7 heteroatoms. The molecule has 106 valence electrons. The molecule has 0 aliphatic carbocycles. The molecule has 1 aromatic rings. The molecular formula is C12H16O5S2. The Kier molecular flexibility index (Phi) is 3.49. The van der Waals surface area contributed by atoms with E-state index in [9.17, 15) is 21.9 Å². The number of aryl methyl sites for hydroxylation is 2. The van der Waals surface area contributed by atoms with Crippen LogP contribution in [-0.4, -0.2) is 44.8 Å². The summed E-state index contributed by atoms with van der Waals surface area (Å²) in [6, 6.07) is 4.86. The van der Waals surface area contributed by atoms with Crippen LogP contribution in [0.5, 0.6) is 0 Å². The Morgan fingerprint density at radius 2 is 1.84 bits per heavy atom. The first-order valence-corrected chi connectivity index (χ1v) is 9.20. The highest BCUT2D eigenvalue weighted by molar-refractivity contribution is 7.96. The maximum Gasteiger partial charge on any atom is 0.185 e. The molecule has 0 saturated carbocycles. The van der Waals surface area contributed by atoms with Gasteiger partial charge in [0, 0.05) is 0 Å². The lowest BCUT2D eigenvalue weighted by molar-refractivity contribution is 0.204. The van der Waals surface area contributed by atoms with Gasteiger partial charge in [-0.15, -0.1) is 0 Å². The Balaban J connectivity index is 2.49. The maximum absolute atomic E-state index is 12.4. The van der Waals surface area contributed by atoms with Crippen molar-refractivity contribution in [2.45, 2.75) is 30.1 Å². The highest BCUT2D eigenvalue weighted by atomic mass is 32.2. The SMILES string of the molecule is Cc1ccc(S(=O)(=O)[C@@H]2CS(=O)(=O)C[C@H]2O)c(C)c1. The molecule has 0 unspecified atom stereocenters. The third-order valence-electron chi connectivity index (χ3n) is 3.31. The van der Waals surface area contributed by atoms with Crippen LogP contribution in [0.25, 0.3) is 0 Å². The minimum Gasteiger partial charge on any atom is -0.391 e. The molecule has 1 N–H and O–H groups in total. The van der Waals surface area contributed by atoms with E-state index in [0.29, 0.717) is 5.56 Å². The largest absolute Gasteiger partial charge is 0.391 e. The summed E-state index contributed by atoms with van der Waals surface area (Å²) in [5.41, 5.74) is 1.49. The fourth-order valence-corrected chi connectivity index (χ4v) is 7.05. The van der Waals surface area contributed by atoms with Crippen LogP contribution in [0.15, 0.2) is 23.1 Å². The number of sulfone groups is 2. The second-order valence-corrected chi connectivity index (χ2v) is 9.29. The van der Waals surface area contributed by atoms with Crippen molar-refractivity contribution in [3.05, 3.63) is 29.3 Å². The molecular weight excluding hydrogens is 288 g/mol. The molecule has 1 aliphatic heterocycles. The Bertz CT molecular complexity index is 704. The van der Waals surface area contributed by atoms with Gasteiger partial charge in [-0.25, -0.2) is 16.8 Å². The van der Waals surface area contributed by atoms with E-state index in [-0.39, 0.29) is 4.90 Å². The molecule has 0 bridgehead atoms. The molecule has 5 nitrogen and oxygen atoms in total. The highest BCUT2D eigenvalue weighted by Crippen LogP contribution is 2.28. The second-order valence-electron chi connectivity index (χ2n) is 5.00. The zero-order valence-electron chi connectivity index (χ0n) is 10.7. The zero-order valence-corrected chi connectivity index (χ0v) is 12.3. The fraction of sp³-hybridized carbons (Fsp3) is 0.500. The lowest BCUT2D eigenvalue weighted by Gasteiger charge is -2.16. The first-order chi connectivity index (χ1) is 8.63. The van der Waals surface area contributed by atoms with Gasteiger partial charge in [-0.05, 0) is 25.5 Å². The summed E-state index contributed by atoms with van der Waals surface area (Å²) in [6.07, 6.45) is -1.35. The summed E-state index contributed by atoms with van der Waals surface area (Å²) in [5.74, 6) is -0.994. The number of hydrogen-bond donors (Lipinski definition) is 1. The van der Waals surface area contributed by atoms with E-state index >= 15 is 0 Å². The van der Waals surface area contributed by atoms with E-state index in [1.807, 2.05) is 6.92 Å². The van der Waals surface area contributed by atoms with Gasteiger partial charge >= 0.3 is 0 Å². The van der Waals surface area contributed by atoms with Crippen molar-refractivity contribution in [1.29, 1.82) is 0 Å². The van der Waals surface area contributed by atoms with Crippen molar-refractivity contribution in [3.8, 4) is 0 Å². The van der Waals surface area contributed by atoms with Crippen LogP contribution in [0, 0.1) is 13.8 Å². The quantitative estimate of drug-likeness (QED) is 0.845. The van der Waals surface area contributed by atoms with Crippen molar-refractivity contribution < 1.29 is 21.9 Å². The molecule has 2 atom stereocenters. The first-order valence-electron chi connectivity index (χ1n) is 5.83. The number of benzene rings is 1. The number of hydrogen-bond acceptors (Lipinski definition) is 5. The van der Waals surface area contributed by atoms with Crippen LogP contribution < -0.4 is 0 Å². The van der Waals surface area contributed by atoms with Crippen LogP contribution in [0.1, 0.15) is 11.1 Å². The van der Waals surface area contributed by atoms with Gasteiger partial charge in [0.15, 0.2) is 19.7 Å². The van der Waals surface area contributed by atoms with Gasteiger partial charge in [0.2, 0.25) is 0 Å². The molecule has 0 spiro atoms. The van der Waals surface area contributed by atoms with E-state index in [2.05, 4.69) is 0 Å². The topological polar surface area (TPSA) is 88.5 Å². The van der Waals surface area contributed by atoms with E-state index in [0.717, 1.165) is 5.56 Å². The monoisotopic (exact) mass is 304 g/mol. The van der Waals surface area contributed by atoms with Crippen LogP contribution in [-0.2, 0) is 19.7 Å². The molecule has 0 amide bonds. The normalized spacial score (nSPS) is 26.5. The van der Waals surface area contributed by atoms with Crippen molar-refractivity contribution in [3.63, 3.8) is 0 Å². The molecule has 19 heavy (non-hydrogen) atoms. The van der Waals surface area contributed by atoms with Gasteiger partial charge in [0.05, 0.1) is 22.5 Å². The number of rotatable bonds is 2. The third-order valence-corrected chi connectivity index (χ3v) is 7.58. The summed E-state index contributed by atoms with van der Waals surface area (Å²) in [5, 5.41) is 8.44. The summed E-state index contributed by atoms with van der Waals surface area (Å²) in [6.45, 7) is 3.51. The summed E-state index contributed by atoms with van der Waals surface area (Å²) >= 11 is 0. The predicted octanol–water partition coefficient (Wildman–Crippen LogP) is 0.235. The second kappa shape index (κ2) is 4.57. The average Bonchev–Trinajstić information content (AvgIpc) is 2.52. The highest BCUT2D eigenvalue weighted by Gasteiger charge is 2.45. The molecule has 1 aromatic carbocycles. The lowest BCUT2D eigenvalue weighted by Crippen LogP contribution is -2.33. The fourth-order valence-electron chi connectivity index (χ4n) is 2.37. The zero-order chi connectivity index (χ0) is 14.4. The van der Waals surface area contributed by atoms with Gasteiger partial charge in [0.25, 0.3) is 0 Å². The maximum atomic E-state index is 12.4. The number of aliphatic hydroxyl groups is 1. The van der Waals surface area contributed by atoms with E-state index in [4.69, 9.17) is 0 Å². The van der Waals surface area contributed by atoms with E-state index < -0.39 is 42.5 Å². The minimum absolute atomic E-state index is 0.0965. The number of aliphatic hydroxyl groups excluding tert-OH is 1.